The monoisotopic (exact) mass is 443 g/mol. The Hall–Kier alpha value is -3.32. The number of carboxylic acid groups (broad SMARTS) is 1. The summed E-state index contributed by atoms with van der Waals surface area (Å²) in [6.07, 6.45) is 0.784. The zero-order valence-electron chi connectivity index (χ0n) is 17.1. The van der Waals surface area contributed by atoms with Gasteiger partial charge in [-0.2, -0.15) is 0 Å². The predicted molar refractivity (Wildman–Crippen MR) is 117 cm³/mol. The van der Waals surface area contributed by atoms with Crippen molar-refractivity contribution in [1.82, 2.24) is 5.32 Å². The highest BCUT2D eigenvalue weighted by atomic mass is 35.5. The zero-order chi connectivity index (χ0) is 22.5. The Kier molecular flexibility index (Phi) is 6.97. The molecule has 2 N–H and O–H groups in total. The number of hydrogen-bond acceptors (Lipinski definition) is 5. The van der Waals surface area contributed by atoms with E-state index in [0.717, 1.165) is 16.5 Å². The van der Waals surface area contributed by atoms with Crippen molar-refractivity contribution in [3.8, 4) is 5.75 Å². The van der Waals surface area contributed by atoms with Gasteiger partial charge in [0.1, 0.15) is 17.4 Å². The summed E-state index contributed by atoms with van der Waals surface area (Å²) in [5, 5.41) is 13.3. The van der Waals surface area contributed by atoms with Crippen LogP contribution in [0, 0.1) is 6.92 Å². The molecule has 1 aromatic heterocycles. The molecule has 3 aromatic rings. The van der Waals surface area contributed by atoms with Gasteiger partial charge in [-0.15, -0.1) is 0 Å². The molecule has 1 amide bonds. The second-order valence-corrected chi connectivity index (χ2v) is 7.52. The van der Waals surface area contributed by atoms with Crippen LogP contribution in [0.2, 0.25) is 5.02 Å². The summed E-state index contributed by atoms with van der Waals surface area (Å²) in [6.45, 7) is 3.30. The van der Waals surface area contributed by atoms with Crippen LogP contribution in [0.15, 0.2) is 51.7 Å². The molecule has 0 saturated heterocycles. The number of benzene rings is 2. The fraction of sp³-hybridized carbons (Fsp3) is 0.261. The van der Waals surface area contributed by atoms with Crippen LogP contribution in [-0.2, 0) is 22.4 Å². The third-order valence-corrected chi connectivity index (χ3v) is 5.17. The predicted octanol–water partition coefficient (Wildman–Crippen LogP) is 3.51. The molecule has 0 bridgehead atoms. The van der Waals surface area contributed by atoms with Crippen LogP contribution < -0.4 is 15.7 Å². The lowest BCUT2D eigenvalue weighted by Gasteiger charge is -2.16. The van der Waals surface area contributed by atoms with Gasteiger partial charge in [0.05, 0.1) is 0 Å². The number of carbonyl (C=O) groups excluding carboxylic acids is 1. The van der Waals surface area contributed by atoms with E-state index in [1.807, 2.05) is 6.92 Å². The number of ether oxygens (including phenoxy) is 1. The summed E-state index contributed by atoms with van der Waals surface area (Å²) in [4.78, 5) is 35.7. The molecule has 0 spiro atoms. The van der Waals surface area contributed by atoms with E-state index in [4.69, 9.17) is 20.8 Å². The first-order valence-corrected chi connectivity index (χ1v) is 10.1. The minimum atomic E-state index is -1.15. The number of nitrogens with one attached hydrogen (secondary N) is 1. The van der Waals surface area contributed by atoms with Crippen molar-refractivity contribution in [1.29, 1.82) is 0 Å². The number of aryl methyl sites for hydroxylation is 2. The van der Waals surface area contributed by atoms with E-state index in [0.29, 0.717) is 28.3 Å². The van der Waals surface area contributed by atoms with E-state index >= 15 is 0 Å². The Morgan fingerprint density at radius 2 is 1.90 bits per heavy atom. The summed E-state index contributed by atoms with van der Waals surface area (Å²) < 4.78 is 10.9. The third kappa shape index (κ3) is 5.44. The highest BCUT2D eigenvalue weighted by Gasteiger charge is 2.21. The van der Waals surface area contributed by atoms with Crippen LogP contribution in [-0.4, -0.2) is 29.6 Å². The van der Waals surface area contributed by atoms with Crippen LogP contribution in [0.1, 0.15) is 23.6 Å². The van der Waals surface area contributed by atoms with E-state index in [1.54, 1.807) is 43.3 Å². The topological polar surface area (TPSA) is 106 Å². The average Bonchev–Trinajstić information content (AvgIpc) is 2.74. The third-order valence-electron chi connectivity index (χ3n) is 4.92. The van der Waals surface area contributed by atoms with Crippen molar-refractivity contribution < 1.29 is 23.8 Å². The first kappa shape index (κ1) is 22.4. The molecule has 1 atom stereocenters. The summed E-state index contributed by atoms with van der Waals surface area (Å²) in [6, 6.07) is 10.6. The standard InChI is InChI=1S/C23H22ClNO6/c1-3-15-11-21(27)31-22-13(2)19(9-8-17(15)22)30-12-20(26)25-18(23(28)29)10-14-4-6-16(24)7-5-14/h4-9,11,18H,3,10,12H2,1-2H3,(H,25,26)(H,28,29). The Bertz CT molecular complexity index is 1170. The molecule has 0 saturated carbocycles. The molecule has 0 aliphatic rings. The Labute approximate surface area is 183 Å². The maximum absolute atomic E-state index is 12.3. The van der Waals surface area contributed by atoms with Gasteiger partial charge < -0.3 is 19.6 Å². The van der Waals surface area contributed by atoms with Gasteiger partial charge in [-0.25, -0.2) is 9.59 Å². The number of fused-ring (bicyclic) bond motifs is 1. The van der Waals surface area contributed by atoms with Gasteiger partial charge in [0.2, 0.25) is 0 Å². The molecule has 162 valence electrons. The SMILES string of the molecule is CCc1cc(=O)oc2c(C)c(OCC(=O)NC(Cc3ccc(Cl)cc3)C(=O)O)ccc12. The maximum atomic E-state index is 12.3. The molecule has 1 unspecified atom stereocenters. The van der Waals surface area contributed by atoms with E-state index in [2.05, 4.69) is 5.32 Å². The van der Waals surface area contributed by atoms with Crippen LogP contribution >= 0.6 is 11.6 Å². The highest BCUT2D eigenvalue weighted by Crippen LogP contribution is 2.28. The highest BCUT2D eigenvalue weighted by molar-refractivity contribution is 6.30. The van der Waals surface area contributed by atoms with Crippen molar-refractivity contribution >= 4 is 34.4 Å². The van der Waals surface area contributed by atoms with Crippen LogP contribution in [0.3, 0.4) is 0 Å². The van der Waals surface area contributed by atoms with Crippen molar-refractivity contribution in [3.63, 3.8) is 0 Å². The van der Waals surface area contributed by atoms with Crippen molar-refractivity contribution in [2.75, 3.05) is 6.61 Å². The molecule has 2 aromatic carbocycles. The van der Waals surface area contributed by atoms with Gasteiger partial charge in [-0.1, -0.05) is 30.7 Å². The van der Waals surface area contributed by atoms with Crippen LogP contribution in [0.4, 0.5) is 0 Å². The lowest BCUT2D eigenvalue weighted by molar-refractivity contribution is -0.142. The summed E-state index contributed by atoms with van der Waals surface area (Å²) >= 11 is 5.84. The first-order valence-electron chi connectivity index (χ1n) is 9.74. The zero-order valence-corrected chi connectivity index (χ0v) is 17.9. The Balaban J connectivity index is 1.69. The van der Waals surface area contributed by atoms with E-state index in [-0.39, 0.29) is 13.0 Å². The summed E-state index contributed by atoms with van der Waals surface area (Å²) in [5.41, 5.74) is 2.14. The molecule has 8 heteroatoms. The minimum absolute atomic E-state index is 0.109. The smallest absolute Gasteiger partial charge is 0.336 e. The second kappa shape index (κ2) is 9.66. The van der Waals surface area contributed by atoms with Gasteiger partial charge >= 0.3 is 11.6 Å². The quantitative estimate of drug-likeness (QED) is 0.516. The largest absolute Gasteiger partial charge is 0.483 e. The van der Waals surface area contributed by atoms with E-state index in [9.17, 15) is 19.5 Å². The minimum Gasteiger partial charge on any atom is -0.483 e. The molecule has 0 aliphatic heterocycles. The van der Waals surface area contributed by atoms with Gasteiger partial charge in [0, 0.05) is 28.5 Å². The van der Waals surface area contributed by atoms with Crippen molar-refractivity contribution in [3.05, 3.63) is 74.6 Å². The normalized spacial score (nSPS) is 11.8. The number of rotatable bonds is 8. The number of aliphatic carboxylic acids is 1. The fourth-order valence-electron chi connectivity index (χ4n) is 3.29. The first-order chi connectivity index (χ1) is 14.8. The molecule has 3 rings (SSSR count). The van der Waals surface area contributed by atoms with Gasteiger partial charge in [0.25, 0.3) is 5.91 Å². The molecular weight excluding hydrogens is 422 g/mol. The number of carboxylic acids is 1. The van der Waals surface area contributed by atoms with E-state index < -0.39 is 23.5 Å². The molecule has 7 nitrogen and oxygen atoms in total. The van der Waals surface area contributed by atoms with Crippen LogP contribution in [0.25, 0.3) is 11.0 Å². The fourth-order valence-corrected chi connectivity index (χ4v) is 3.42. The number of carbonyl (C=O) groups is 2. The molecular formula is C23H22ClNO6. The molecule has 31 heavy (non-hydrogen) atoms. The lowest BCUT2D eigenvalue weighted by atomic mass is 10.0. The van der Waals surface area contributed by atoms with Gasteiger partial charge in [-0.05, 0) is 48.7 Å². The number of amides is 1. The van der Waals surface area contributed by atoms with E-state index in [1.165, 1.54) is 6.07 Å². The Morgan fingerprint density at radius 1 is 1.19 bits per heavy atom. The van der Waals surface area contributed by atoms with Crippen molar-refractivity contribution in [2.45, 2.75) is 32.7 Å². The molecule has 0 radical (unpaired) electrons. The van der Waals surface area contributed by atoms with Crippen molar-refractivity contribution in [2.24, 2.45) is 0 Å². The Morgan fingerprint density at radius 3 is 2.55 bits per heavy atom. The number of hydrogen-bond donors (Lipinski definition) is 2. The van der Waals surface area contributed by atoms with Crippen LogP contribution in [0.5, 0.6) is 5.75 Å². The second-order valence-electron chi connectivity index (χ2n) is 7.09. The molecule has 0 aliphatic carbocycles. The number of halogens is 1. The summed E-state index contributed by atoms with van der Waals surface area (Å²) in [7, 11) is 0. The lowest BCUT2D eigenvalue weighted by Crippen LogP contribution is -2.44. The van der Waals surface area contributed by atoms with Gasteiger partial charge in [-0.3, -0.25) is 4.79 Å². The van der Waals surface area contributed by atoms with Gasteiger partial charge in [0.15, 0.2) is 6.61 Å². The molecule has 1 heterocycles. The molecule has 0 fully saturated rings. The summed E-state index contributed by atoms with van der Waals surface area (Å²) in [5.74, 6) is -1.35. The maximum Gasteiger partial charge on any atom is 0.336 e. The average molecular weight is 444 g/mol.